The van der Waals surface area contributed by atoms with Crippen LogP contribution in [-0.2, 0) is 4.79 Å². The van der Waals surface area contributed by atoms with E-state index in [0.717, 1.165) is 6.54 Å². The molecule has 0 aromatic carbocycles. The summed E-state index contributed by atoms with van der Waals surface area (Å²) in [4.78, 5) is 10.2. The molecule has 0 radical (unpaired) electrons. The Morgan fingerprint density at radius 3 is 2.78 bits per heavy atom. The van der Waals surface area contributed by atoms with E-state index in [2.05, 4.69) is 10.6 Å². The van der Waals surface area contributed by atoms with Gasteiger partial charge in [0.25, 0.3) is 0 Å². The predicted molar refractivity (Wildman–Crippen MR) is 31.7 cm³/mol. The molecule has 0 atom stereocenters. The average molecular weight is 128 g/mol. The lowest BCUT2D eigenvalue weighted by Gasteiger charge is -2.12. The Hall–Kier alpha value is -1.19. The van der Waals surface area contributed by atoms with Crippen molar-refractivity contribution >= 4 is 5.97 Å². The summed E-state index contributed by atoms with van der Waals surface area (Å²) in [5.74, 6) is -0.915. The minimum absolute atomic E-state index is 0.237. The van der Waals surface area contributed by atoms with Gasteiger partial charge in [0, 0.05) is 19.3 Å². The van der Waals surface area contributed by atoms with Gasteiger partial charge in [-0.1, -0.05) is 0 Å². The predicted octanol–water partition coefficient (Wildman–Crippen LogP) is -0.895. The number of carbonyl (C=O) groups is 1. The molecule has 1 aliphatic rings. The third kappa shape index (κ3) is 1.35. The number of rotatable bonds is 1. The Morgan fingerprint density at radius 2 is 2.44 bits per heavy atom. The molecule has 0 spiro atoms. The van der Waals surface area contributed by atoms with E-state index in [-0.39, 0.29) is 5.70 Å². The van der Waals surface area contributed by atoms with Crippen molar-refractivity contribution in [2.45, 2.75) is 0 Å². The highest BCUT2D eigenvalue weighted by Gasteiger charge is 2.07. The molecule has 0 fully saturated rings. The van der Waals surface area contributed by atoms with Gasteiger partial charge in [-0.2, -0.15) is 0 Å². The first-order chi connectivity index (χ1) is 4.30. The van der Waals surface area contributed by atoms with E-state index in [0.29, 0.717) is 6.54 Å². The summed E-state index contributed by atoms with van der Waals surface area (Å²) in [6, 6.07) is 0. The zero-order valence-electron chi connectivity index (χ0n) is 4.85. The number of nitrogens with one attached hydrogen (secondary N) is 2. The molecule has 0 unspecified atom stereocenters. The Bertz CT molecular complexity index is 153. The highest BCUT2D eigenvalue weighted by molar-refractivity contribution is 5.85. The van der Waals surface area contributed by atoms with Crippen molar-refractivity contribution in [3.8, 4) is 0 Å². The van der Waals surface area contributed by atoms with Gasteiger partial charge in [-0.3, -0.25) is 0 Å². The van der Waals surface area contributed by atoms with Crippen LogP contribution in [0.25, 0.3) is 0 Å². The number of aliphatic carboxylic acids is 1. The molecule has 4 nitrogen and oxygen atoms in total. The van der Waals surface area contributed by atoms with Gasteiger partial charge < -0.3 is 15.7 Å². The van der Waals surface area contributed by atoms with Crippen molar-refractivity contribution in [3.05, 3.63) is 11.9 Å². The van der Waals surface area contributed by atoms with E-state index < -0.39 is 5.97 Å². The van der Waals surface area contributed by atoms with Crippen LogP contribution >= 0.6 is 0 Å². The SMILES string of the molecule is O=C(O)C1=CNCCN1. The second-order valence-corrected chi connectivity index (χ2v) is 1.74. The average Bonchev–Trinajstić information content (AvgIpc) is 1.90. The van der Waals surface area contributed by atoms with Crippen LogP contribution in [0, 0.1) is 0 Å². The molecule has 9 heavy (non-hydrogen) atoms. The lowest BCUT2D eigenvalue weighted by molar-refractivity contribution is -0.133. The fourth-order valence-electron chi connectivity index (χ4n) is 0.632. The standard InChI is InChI=1S/C5H8N2O2/c8-5(9)4-3-6-1-2-7-4/h3,6-7H,1-2H2,(H,8,9). The van der Waals surface area contributed by atoms with Crippen LogP contribution < -0.4 is 10.6 Å². The van der Waals surface area contributed by atoms with Crippen LogP contribution in [0.4, 0.5) is 0 Å². The summed E-state index contributed by atoms with van der Waals surface area (Å²) < 4.78 is 0. The summed E-state index contributed by atoms with van der Waals surface area (Å²) in [6.07, 6.45) is 1.46. The molecule has 4 heteroatoms. The minimum atomic E-state index is -0.915. The third-order valence-electron chi connectivity index (χ3n) is 1.06. The summed E-state index contributed by atoms with van der Waals surface area (Å²) in [7, 11) is 0. The van der Waals surface area contributed by atoms with Gasteiger partial charge in [-0.05, 0) is 0 Å². The number of carboxylic acid groups (broad SMARTS) is 1. The van der Waals surface area contributed by atoms with Crippen LogP contribution in [0.1, 0.15) is 0 Å². The molecule has 0 aromatic rings. The van der Waals surface area contributed by atoms with Gasteiger partial charge in [-0.25, -0.2) is 4.79 Å². The first-order valence-corrected chi connectivity index (χ1v) is 2.71. The molecule has 1 rings (SSSR count). The first-order valence-electron chi connectivity index (χ1n) is 2.71. The Balaban J connectivity index is 2.57. The lowest BCUT2D eigenvalue weighted by atomic mass is 10.4. The van der Waals surface area contributed by atoms with Gasteiger partial charge in [0.2, 0.25) is 0 Å². The smallest absolute Gasteiger partial charge is 0.353 e. The molecule has 1 heterocycles. The molecule has 50 valence electrons. The fraction of sp³-hybridized carbons (Fsp3) is 0.400. The summed E-state index contributed by atoms with van der Waals surface area (Å²) in [5.41, 5.74) is 0.237. The summed E-state index contributed by atoms with van der Waals surface area (Å²) >= 11 is 0. The topological polar surface area (TPSA) is 61.4 Å². The fourth-order valence-corrected chi connectivity index (χ4v) is 0.632. The number of carboxylic acids is 1. The normalized spacial score (nSPS) is 17.1. The maximum Gasteiger partial charge on any atom is 0.353 e. The first kappa shape index (κ1) is 5.94. The van der Waals surface area contributed by atoms with Crippen molar-refractivity contribution < 1.29 is 9.90 Å². The van der Waals surface area contributed by atoms with Crippen molar-refractivity contribution in [1.82, 2.24) is 10.6 Å². The molecule has 1 aliphatic heterocycles. The maximum atomic E-state index is 10.2. The van der Waals surface area contributed by atoms with Gasteiger partial charge in [0.15, 0.2) is 0 Å². The minimum Gasteiger partial charge on any atom is -0.477 e. The highest BCUT2D eigenvalue weighted by Crippen LogP contribution is 1.88. The summed E-state index contributed by atoms with van der Waals surface area (Å²) in [5, 5.41) is 13.9. The van der Waals surface area contributed by atoms with E-state index >= 15 is 0 Å². The number of hydrogen-bond donors (Lipinski definition) is 3. The van der Waals surface area contributed by atoms with Crippen molar-refractivity contribution in [1.29, 1.82) is 0 Å². The van der Waals surface area contributed by atoms with Crippen molar-refractivity contribution in [3.63, 3.8) is 0 Å². The molecule has 3 N–H and O–H groups in total. The molecule has 0 amide bonds. The van der Waals surface area contributed by atoms with Gasteiger partial charge in [0.05, 0.1) is 0 Å². The lowest BCUT2D eigenvalue weighted by Crippen LogP contribution is -2.34. The molecule has 0 bridgehead atoms. The highest BCUT2D eigenvalue weighted by atomic mass is 16.4. The van der Waals surface area contributed by atoms with Crippen LogP contribution in [0.5, 0.6) is 0 Å². The van der Waals surface area contributed by atoms with Crippen LogP contribution in [0.15, 0.2) is 11.9 Å². The van der Waals surface area contributed by atoms with E-state index in [1.807, 2.05) is 0 Å². The van der Waals surface area contributed by atoms with Crippen LogP contribution in [0.2, 0.25) is 0 Å². The Kier molecular flexibility index (Phi) is 1.58. The van der Waals surface area contributed by atoms with Crippen molar-refractivity contribution in [2.75, 3.05) is 13.1 Å². The van der Waals surface area contributed by atoms with Gasteiger partial charge in [-0.15, -0.1) is 0 Å². The van der Waals surface area contributed by atoms with Crippen LogP contribution in [0.3, 0.4) is 0 Å². The van der Waals surface area contributed by atoms with Gasteiger partial charge in [0.1, 0.15) is 5.70 Å². The van der Waals surface area contributed by atoms with E-state index in [1.54, 1.807) is 0 Å². The van der Waals surface area contributed by atoms with E-state index in [9.17, 15) is 4.79 Å². The molecular formula is C5H8N2O2. The number of hydrogen-bond acceptors (Lipinski definition) is 3. The Labute approximate surface area is 52.6 Å². The second-order valence-electron chi connectivity index (χ2n) is 1.74. The molecular weight excluding hydrogens is 120 g/mol. The van der Waals surface area contributed by atoms with E-state index in [4.69, 9.17) is 5.11 Å². The maximum absolute atomic E-state index is 10.2. The third-order valence-corrected chi connectivity index (χ3v) is 1.06. The molecule has 0 aliphatic carbocycles. The zero-order valence-corrected chi connectivity index (χ0v) is 4.85. The zero-order chi connectivity index (χ0) is 6.69. The monoisotopic (exact) mass is 128 g/mol. The largest absolute Gasteiger partial charge is 0.477 e. The second kappa shape index (κ2) is 2.39. The van der Waals surface area contributed by atoms with E-state index in [1.165, 1.54) is 6.20 Å². The Morgan fingerprint density at radius 1 is 1.67 bits per heavy atom. The quantitative estimate of drug-likeness (QED) is 0.428. The molecule has 0 aromatic heterocycles. The molecule has 0 saturated heterocycles. The van der Waals surface area contributed by atoms with Crippen molar-refractivity contribution in [2.24, 2.45) is 0 Å². The van der Waals surface area contributed by atoms with Gasteiger partial charge >= 0.3 is 5.97 Å². The van der Waals surface area contributed by atoms with Crippen LogP contribution in [-0.4, -0.2) is 24.2 Å². The summed E-state index contributed by atoms with van der Waals surface area (Å²) in [6.45, 7) is 1.47. The molecule has 0 saturated carbocycles.